The number of fused-ring (bicyclic) bond motifs is 1. The van der Waals surface area contributed by atoms with Gasteiger partial charge in [-0.15, -0.1) is 0 Å². The molecule has 2 aliphatic heterocycles. The van der Waals surface area contributed by atoms with Crippen LogP contribution >= 0.6 is 11.8 Å². The molecule has 4 heteroatoms. The molecule has 0 amide bonds. The first-order valence-electron chi connectivity index (χ1n) is 10.6. The molecule has 3 aromatic carbocycles. The molecule has 1 fully saturated rings. The summed E-state index contributed by atoms with van der Waals surface area (Å²) in [6.45, 7) is 0.613. The van der Waals surface area contributed by atoms with E-state index in [4.69, 9.17) is 9.73 Å². The molecular formula is C26H26N2OS. The highest BCUT2D eigenvalue weighted by Gasteiger charge is 2.41. The van der Waals surface area contributed by atoms with Gasteiger partial charge in [-0.2, -0.15) is 11.8 Å². The fourth-order valence-electron chi connectivity index (χ4n) is 4.40. The summed E-state index contributed by atoms with van der Waals surface area (Å²) in [5, 5.41) is 3.70. The molecule has 1 saturated heterocycles. The number of ether oxygens (including phenoxy) is 1. The molecule has 2 aliphatic rings. The van der Waals surface area contributed by atoms with E-state index in [-0.39, 0.29) is 5.41 Å². The van der Waals surface area contributed by atoms with E-state index in [0.29, 0.717) is 6.54 Å². The molecule has 0 aliphatic carbocycles. The summed E-state index contributed by atoms with van der Waals surface area (Å²) in [4.78, 5) is 5.15. The summed E-state index contributed by atoms with van der Waals surface area (Å²) in [5.74, 6) is 5.28. The summed E-state index contributed by atoms with van der Waals surface area (Å²) in [7, 11) is 0. The predicted molar refractivity (Wildman–Crippen MR) is 127 cm³/mol. The number of aliphatic imine (C=N–C) groups is 1. The van der Waals surface area contributed by atoms with E-state index in [0.717, 1.165) is 29.3 Å². The summed E-state index contributed by atoms with van der Waals surface area (Å²) >= 11 is 2.06. The van der Waals surface area contributed by atoms with Crippen molar-refractivity contribution in [3.8, 4) is 11.5 Å². The second-order valence-corrected chi connectivity index (χ2v) is 9.26. The Bertz CT molecular complexity index is 1040. The third-order valence-electron chi connectivity index (χ3n) is 6.10. The van der Waals surface area contributed by atoms with Crippen molar-refractivity contribution in [2.75, 3.05) is 16.8 Å². The molecule has 1 spiro atoms. The topological polar surface area (TPSA) is 33.6 Å². The van der Waals surface area contributed by atoms with Crippen molar-refractivity contribution in [2.45, 2.75) is 25.8 Å². The van der Waals surface area contributed by atoms with Gasteiger partial charge in [0.2, 0.25) is 0 Å². The Labute approximate surface area is 182 Å². The lowest BCUT2D eigenvalue weighted by Crippen LogP contribution is -2.44. The van der Waals surface area contributed by atoms with Gasteiger partial charge in [0, 0.05) is 16.7 Å². The van der Waals surface area contributed by atoms with Gasteiger partial charge in [0.1, 0.15) is 17.3 Å². The molecule has 0 aromatic heterocycles. The molecule has 0 radical (unpaired) electrons. The van der Waals surface area contributed by atoms with Gasteiger partial charge < -0.3 is 10.1 Å². The third-order valence-corrected chi connectivity index (χ3v) is 7.09. The molecule has 30 heavy (non-hydrogen) atoms. The minimum Gasteiger partial charge on any atom is -0.457 e. The van der Waals surface area contributed by atoms with E-state index in [2.05, 4.69) is 53.5 Å². The summed E-state index contributed by atoms with van der Waals surface area (Å²) < 4.78 is 6.15. The zero-order valence-electron chi connectivity index (χ0n) is 17.0. The van der Waals surface area contributed by atoms with Gasteiger partial charge in [-0.1, -0.05) is 54.6 Å². The van der Waals surface area contributed by atoms with Crippen molar-refractivity contribution in [3.05, 3.63) is 90.0 Å². The van der Waals surface area contributed by atoms with E-state index in [9.17, 15) is 0 Å². The van der Waals surface area contributed by atoms with Gasteiger partial charge in [-0.3, -0.25) is 4.99 Å². The Morgan fingerprint density at radius 2 is 1.60 bits per heavy atom. The number of hydrogen-bond donors (Lipinski definition) is 1. The van der Waals surface area contributed by atoms with Crippen LogP contribution in [0.1, 0.15) is 24.0 Å². The van der Waals surface area contributed by atoms with Gasteiger partial charge >= 0.3 is 0 Å². The normalized spacial score (nSPS) is 18.6. The first-order chi connectivity index (χ1) is 14.8. The molecule has 152 valence electrons. The van der Waals surface area contributed by atoms with E-state index >= 15 is 0 Å². The van der Waals surface area contributed by atoms with Crippen LogP contribution in [0.3, 0.4) is 0 Å². The molecule has 5 rings (SSSR count). The average molecular weight is 415 g/mol. The molecule has 3 nitrogen and oxygen atoms in total. The number of nitrogens with zero attached hydrogens (tertiary/aromatic N) is 1. The minimum atomic E-state index is 0.134. The summed E-state index contributed by atoms with van der Waals surface area (Å²) in [6.07, 6.45) is 3.44. The van der Waals surface area contributed by atoms with E-state index in [1.54, 1.807) is 0 Å². The van der Waals surface area contributed by atoms with Crippen LogP contribution in [0.4, 0.5) is 5.69 Å². The van der Waals surface area contributed by atoms with Crippen LogP contribution in [-0.2, 0) is 13.0 Å². The van der Waals surface area contributed by atoms with Crippen molar-refractivity contribution in [1.29, 1.82) is 0 Å². The zero-order chi connectivity index (χ0) is 20.2. The second-order valence-electron chi connectivity index (χ2n) is 8.04. The fraction of sp³-hybridized carbons (Fsp3) is 0.269. The zero-order valence-corrected chi connectivity index (χ0v) is 17.8. The highest BCUT2D eigenvalue weighted by Crippen LogP contribution is 2.44. The third kappa shape index (κ3) is 3.97. The summed E-state index contributed by atoms with van der Waals surface area (Å²) in [6, 6.07) is 26.8. The largest absolute Gasteiger partial charge is 0.457 e. The van der Waals surface area contributed by atoms with Crippen molar-refractivity contribution in [2.24, 2.45) is 10.4 Å². The number of benzene rings is 3. The predicted octanol–water partition coefficient (Wildman–Crippen LogP) is 6.56. The quantitative estimate of drug-likeness (QED) is 0.525. The highest BCUT2D eigenvalue weighted by molar-refractivity contribution is 7.99. The first kappa shape index (κ1) is 19.3. The van der Waals surface area contributed by atoms with Crippen LogP contribution in [0, 0.1) is 5.41 Å². The fourth-order valence-corrected chi connectivity index (χ4v) is 5.68. The molecule has 3 aromatic rings. The number of rotatable bonds is 4. The molecule has 2 heterocycles. The van der Waals surface area contributed by atoms with Crippen molar-refractivity contribution in [3.63, 3.8) is 0 Å². The maximum absolute atomic E-state index is 6.15. The Morgan fingerprint density at radius 1 is 0.867 bits per heavy atom. The molecular weight excluding hydrogens is 388 g/mol. The van der Waals surface area contributed by atoms with Crippen LogP contribution in [-0.4, -0.2) is 17.3 Å². The van der Waals surface area contributed by atoms with Crippen molar-refractivity contribution >= 4 is 23.3 Å². The number of amidine groups is 1. The summed E-state index contributed by atoms with van der Waals surface area (Å²) in [5.41, 5.74) is 3.86. The maximum atomic E-state index is 6.15. The Kier molecular flexibility index (Phi) is 5.50. The number of anilines is 1. The Hall–Kier alpha value is -2.72. The number of para-hydroxylation sites is 3. The SMILES string of the molecule is c1ccc(Oc2ccccc2CN=C2Nc3ccccc3CC23CCSCC3)cc1. The van der Waals surface area contributed by atoms with E-state index < -0.39 is 0 Å². The van der Waals surface area contributed by atoms with Gasteiger partial charge in [0.05, 0.1) is 6.54 Å². The molecule has 0 bridgehead atoms. The van der Waals surface area contributed by atoms with Gasteiger partial charge in [-0.25, -0.2) is 0 Å². The average Bonchev–Trinajstić information content (AvgIpc) is 2.80. The van der Waals surface area contributed by atoms with Crippen LogP contribution in [0.5, 0.6) is 11.5 Å². The molecule has 0 saturated carbocycles. The molecule has 0 unspecified atom stereocenters. The van der Waals surface area contributed by atoms with E-state index in [1.165, 1.54) is 35.6 Å². The maximum Gasteiger partial charge on any atom is 0.132 e. The van der Waals surface area contributed by atoms with Crippen LogP contribution in [0.25, 0.3) is 0 Å². The lowest BCUT2D eigenvalue weighted by Gasteiger charge is -2.42. The number of nitrogens with one attached hydrogen (secondary N) is 1. The second kappa shape index (κ2) is 8.57. The Balaban J connectivity index is 1.44. The lowest BCUT2D eigenvalue weighted by atomic mass is 9.73. The van der Waals surface area contributed by atoms with Crippen LogP contribution < -0.4 is 10.1 Å². The van der Waals surface area contributed by atoms with Gasteiger partial charge in [0.25, 0.3) is 0 Å². The molecule has 1 N–H and O–H groups in total. The van der Waals surface area contributed by atoms with Crippen molar-refractivity contribution < 1.29 is 4.74 Å². The lowest BCUT2D eigenvalue weighted by molar-refractivity contribution is 0.377. The van der Waals surface area contributed by atoms with Crippen LogP contribution in [0.2, 0.25) is 0 Å². The standard InChI is InChI=1S/C26H26N2OS/c1-2-10-22(11-3-1)29-24-13-7-5-9-21(24)19-27-25-26(14-16-30-17-15-26)18-20-8-4-6-12-23(20)28-25/h1-13H,14-19H2,(H,27,28). The van der Waals surface area contributed by atoms with Crippen LogP contribution in [0.15, 0.2) is 83.9 Å². The monoisotopic (exact) mass is 414 g/mol. The number of hydrogen-bond acceptors (Lipinski definition) is 3. The first-order valence-corrected chi connectivity index (χ1v) is 11.8. The van der Waals surface area contributed by atoms with Gasteiger partial charge in [0.15, 0.2) is 0 Å². The smallest absolute Gasteiger partial charge is 0.132 e. The number of thioether (sulfide) groups is 1. The Morgan fingerprint density at radius 3 is 2.47 bits per heavy atom. The minimum absolute atomic E-state index is 0.134. The highest BCUT2D eigenvalue weighted by atomic mass is 32.2. The molecule has 0 atom stereocenters. The van der Waals surface area contributed by atoms with E-state index in [1.807, 2.05) is 42.5 Å². The van der Waals surface area contributed by atoms with Gasteiger partial charge in [-0.05, 0) is 60.6 Å². The van der Waals surface area contributed by atoms with Crippen molar-refractivity contribution in [1.82, 2.24) is 0 Å².